The van der Waals surface area contributed by atoms with Crippen molar-refractivity contribution in [2.75, 3.05) is 32.7 Å². The van der Waals surface area contributed by atoms with Gasteiger partial charge in [0.25, 0.3) is 0 Å². The van der Waals surface area contributed by atoms with Crippen LogP contribution in [0.1, 0.15) is 85.0 Å². The van der Waals surface area contributed by atoms with Gasteiger partial charge in [-0.2, -0.15) is 0 Å². The van der Waals surface area contributed by atoms with E-state index in [2.05, 4.69) is 24.5 Å². The lowest BCUT2D eigenvalue weighted by Crippen LogP contribution is -2.45. The van der Waals surface area contributed by atoms with Crippen molar-refractivity contribution >= 4 is 5.78 Å². The molecule has 0 bridgehead atoms. The molecule has 0 heterocycles. The molecule has 162 valence electrons. The van der Waals surface area contributed by atoms with E-state index in [1.54, 1.807) is 6.92 Å². The summed E-state index contributed by atoms with van der Waals surface area (Å²) in [7, 11) is 0. The standard InChI is InChI=1S/C22H48N4O/c1-4-6-11-21(19(3)27)13-8-7-12-20(5-2)22(26-17-10-15-24)18-25-16-9-14-23/h20-22,25-26H,4-18,23-24H2,1-3H3. The summed E-state index contributed by atoms with van der Waals surface area (Å²) < 4.78 is 0. The molecule has 0 aliphatic carbocycles. The molecule has 0 aliphatic heterocycles. The van der Waals surface area contributed by atoms with E-state index >= 15 is 0 Å². The van der Waals surface area contributed by atoms with Gasteiger partial charge in [-0.05, 0) is 71.1 Å². The molecule has 6 N–H and O–H groups in total. The quantitative estimate of drug-likeness (QED) is 0.242. The maximum absolute atomic E-state index is 11.8. The molecule has 0 saturated heterocycles. The molecule has 3 unspecified atom stereocenters. The molecule has 0 aromatic carbocycles. The highest BCUT2D eigenvalue weighted by Crippen LogP contribution is 2.22. The van der Waals surface area contributed by atoms with Crippen molar-refractivity contribution in [3.05, 3.63) is 0 Å². The highest BCUT2D eigenvalue weighted by molar-refractivity contribution is 5.78. The number of nitrogens with one attached hydrogen (secondary N) is 2. The van der Waals surface area contributed by atoms with Crippen molar-refractivity contribution in [3.63, 3.8) is 0 Å². The summed E-state index contributed by atoms with van der Waals surface area (Å²) in [5.74, 6) is 1.32. The van der Waals surface area contributed by atoms with Crippen molar-refractivity contribution in [3.8, 4) is 0 Å². The zero-order chi connectivity index (χ0) is 20.3. The van der Waals surface area contributed by atoms with Gasteiger partial charge in [0.2, 0.25) is 0 Å². The predicted octanol–water partition coefficient (Wildman–Crippen LogP) is 3.21. The van der Waals surface area contributed by atoms with Gasteiger partial charge in [-0.25, -0.2) is 0 Å². The molecule has 0 spiro atoms. The molecule has 0 aromatic heterocycles. The molecule has 5 heteroatoms. The van der Waals surface area contributed by atoms with Crippen LogP contribution >= 0.6 is 0 Å². The van der Waals surface area contributed by atoms with Crippen LogP contribution < -0.4 is 22.1 Å². The summed E-state index contributed by atoms with van der Waals surface area (Å²) in [4.78, 5) is 11.8. The number of hydrogen-bond donors (Lipinski definition) is 4. The first kappa shape index (κ1) is 26.5. The smallest absolute Gasteiger partial charge is 0.132 e. The lowest BCUT2D eigenvalue weighted by molar-refractivity contribution is -0.121. The van der Waals surface area contributed by atoms with Gasteiger partial charge < -0.3 is 22.1 Å². The fourth-order valence-corrected chi connectivity index (χ4v) is 3.77. The van der Waals surface area contributed by atoms with Crippen LogP contribution in [0.2, 0.25) is 0 Å². The van der Waals surface area contributed by atoms with Gasteiger partial charge in [0.15, 0.2) is 0 Å². The average Bonchev–Trinajstić information content (AvgIpc) is 2.66. The minimum absolute atomic E-state index is 0.279. The summed E-state index contributed by atoms with van der Waals surface area (Å²) in [5.41, 5.74) is 11.2. The zero-order valence-electron chi connectivity index (χ0n) is 18.4. The average molecular weight is 385 g/mol. The van der Waals surface area contributed by atoms with Crippen LogP contribution in [0.5, 0.6) is 0 Å². The molecule has 27 heavy (non-hydrogen) atoms. The SMILES string of the molecule is CCCCC(CCCCC(CC)C(CNCCCN)NCCCN)C(C)=O. The first-order valence-electron chi connectivity index (χ1n) is 11.4. The van der Waals surface area contributed by atoms with Crippen molar-refractivity contribution in [2.45, 2.75) is 91.0 Å². The summed E-state index contributed by atoms with van der Waals surface area (Å²) >= 11 is 0. The number of Topliss-reactive ketones (excluding diaryl/α,β-unsaturated/α-hetero) is 1. The lowest BCUT2D eigenvalue weighted by atomic mass is 9.88. The Morgan fingerprint density at radius 1 is 0.889 bits per heavy atom. The summed E-state index contributed by atoms with van der Waals surface area (Å²) in [5, 5.41) is 7.27. The van der Waals surface area contributed by atoms with Crippen LogP contribution in [0.15, 0.2) is 0 Å². The van der Waals surface area contributed by atoms with E-state index in [4.69, 9.17) is 11.5 Å². The van der Waals surface area contributed by atoms with Gasteiger partial charge in [0.05, 0.1) is 0 Å². The highest BCUT2D eigenvalue weighted by Gasteiger charge is 2.19. The molecule has 0 aliphatic rings. The maximum atomic E-state index is 11.8. The maximum Gasteiger partial charge on any atom is 0.132 e. The van der Waals surface area contributed by atoms with Gasteiger partial charge in [-0.1, -0.05) is 46.0 Å². The van der Waals surface area contributed by atoms with Gasteiger partial charge in [0, 0.05) is 18.5 Å². The molecular formula is C22H48N4O. The molecule has 0 radical (unpaired) electrons. The number of carbonyl (C=O) groups excluding carboxylic acids is 1. The van der Waals surface area contributed by atoms with Crippen molar-refractivity contribution in [1.29, 1.82) is 0 Å². The Morgan fingerprint density at radius 3 is 2.11 bits per heavy atom. The van der Waals surface area contributed by atoms with Gasteiger partial charge >= 0.3 is 0 Å². The van der Waals surface area contributed by atoms with Crippen LogP contribution in [0.4, 0.5) is 0 Å². The Morgan fingerprint density at radius 2 is 1.52 bits per heavy atom. The van der Waals surface area contributed by atoms with E-state index in [0.29, 0.717) is 17.7 Å². The molecule has 0 fully saturated rings. The normalized spacial score (nSPS) is 14.9. The van der Waals surface area contributed by atoms with Gasteiger partial charge in [-0.3, -0.25) is 4.79 Å². The topological polar surface area (TPSA) is 93.2 Å². The monoisotopic (exact) mass is 384 g/mol. The third kappa shape index (κ3) is 14.2. The van der Waals surface area contributed by atoms with Crippen LogP contribution in [0.3, 0.4) is 0 Å². The number of ketones is 1. The number of hydrogen-bond acceptors (Lipinski definition) is 5. The van der Waals surface area contributed by atoms with E-state index < -0.39 is 0 Å². The van der Waals surface area contributed by atoms with Gasteiger partial charge in [0.1, 0.15) is 5.78 Å². The Balaban J connectivity index is 4.36. The minimum Gasteiger partial charge on any atom is -0.330 e. The van der Waals surface area contributed by atoms with Crippen LogP contribution in [0.25, 0.3) is 0 Å². The third-order valence-electron chi connectivity index (χ3n) is 5.66. The summed E-state index contributed by atoms with van der Waals surface area (Å²) in [6.07, 6.45) is 11.3. The molecule has 0 amide bonds. The Labute approximate surface area is 168 Å². The van der Waals surface area contributed by atoms with Crippen LogP contribution in [-0.2, 0) is 4.79 Å². The van der Waals surface area contributed by atoms with Crippen LogP contribution in [-0.4, -0.2) is 44.5 Å². The van der Waals surface area contributed by atoms with Crippen LogP contribution in [0, 0.1) is 11.8 Å². The third-order valence-corrected chi connectivity index (χ3v) is 5.66. The lowest BCUT2D eigenvalue weighted by Gasteiger charge is -2.28. The fraction of sp³-hybridized carbons (Fsp3) is 0.955. The fourth-order valence-electron chi connectivity index (χ4n) is 3.77. The molecule has 5 nitrogen and oxygen atoms in total. The van der Waals surface area contributed by atoms with Crippen molar-refractivity contribution in [1.82, 2.24) is 10.6 Å². The molecule has 0 rings (SSSR count). The number of rotatable bonds is 20. The first-order chi connectivity index (χ1) is 13.1. The number of carbonyl (C=O) groups is 1. The first-order valence-corrected chi connectivity index (χ1v) is 11.4. The molecule has 0 saturated carbocycles. The minimum atomic E-state index is 0.279. The second kappa shape index (κ2) is 18.9. The van der Waals surface area contributed by atoms with Gasteiger partial charge in [-0.15, -0.1) is 0 Å². The highest BCUT2D eigenvalue weighted by atomic mass is 16.1. The Bertz CT molecular complexity index is 338. The summed E-state index contributed by atoms with van der Waals surface area (Å²) in [6, 6.07) is 0.489. The van der Waals surface area contributed by atoms with E-state index in [-0.39, 0.29) is 5.92 Å². The number of unbranched alkanes of at least 4 members (excludes halogenated alkanes) is 2. The second-order valence-electron chi connectivity index (χ2n) is 7.95. The molecule has 0 aromatic rings. The van der Waals surface area contributed by atoms with Crippen molar-refractivity contribution < 1.29 is 4.79 Å². The van der Waals surface area contributed by atoms with E-state index in [9.17, 15) is 4.79 Å². The molecular weight excluding hydrogens is 336 g/mol. The largest absolute Gasteiger partial charge is 0.330 e. The predicted molar refractivity (Wildman–Crippen MR) is 118 cm³/mol. The Hall–Kier alpha value is -0.490. The Kier molecular flexibility index (Phi) is 18.5. The van der Waals surface area contributed by atoms with E-state index in [0.717, 1.165) is 58.4 Å². The van der Waals surface area contributed by atoms with E-state index in [1.165, 1.54) is 38.5 Å². The second-order valence-corrected chi connectivity index (χ2v) is 7.95. The van der Waals surface area contributed by atoms with Crippen molar-refractivity contribution in [2.24, 2.45) is 23.3 Å². The summed E-state index contributed by atoms with van der Waals surface area (Å²) in [6.45, 7) is 10.7. The zero-order valence-corrected chi connectivity index (χ0v) is 18.4. The molecule has 3 atom stereocenters. The number of nitrogens with two attached hydrogens (primary N) is 2. The van der Waals surface area contributed by atoms with E-state index in [1.807, 2.05) is 0 Å².